The van der Waals surface area contributed by atoms with Crippen LogP contribution in [0.15, 0.2) is 66.7 Å². The molecule has 5 rings (SSSR count). The van der Waals surface area contributed by atoms with Gasteiger partial charge in [0.2, 0.25) is 0 Å². The number of rotatable bonds is 7. The average molecular weight is 504 g/mol. The van der Waals surface area contributed by atoms with E-state index < -0.39 is 17.8 Å². The number of anilines is 1. The molecule has 2 aromatic heterocycles. The Morgan fingerprint density at radius 2 is 1.89 bits per heavy atom. The molecule has 1 atom stereocenters. The molecule has 1 unspecified atom stereocenters. The number of nitrogens with one attached hydrogen (secondary N) is 3. The maximum atomic E-state index is 14.6. The van der Waals surface area contributed by atoms with Crippen molar-refractivity contribution >= 4 is 34.2 Å². The second kappa shape index (κ2) is 9.80. The number of H-pyrrole nitrogens is 2. The second-order valence-electron chi connectivity index (χ2n) is 8.39. The molecule has 5 aromatic rings. The van der Waals surface area contributed by atoms with Gasteiger partial charge >= 0.3 is 0 Å². The quantitative estimate of drug-likeness (QED) is 0.222. The summed E-state index contributed by atoms with van der Waals surface area (Å²) in [5.41, 5.74) is 14.9. The van der Waals surface area contributed by atoms with Crippen LogP contribution < -0.4 is 16.8 Å². The third-order valence-electron chi connectivity index (χ3n) is 5.98. The van der Waals surface area contributed by atoms with Crippen molar-refractivity contribution in [3.8, 4) is 11.3 Å². The first kappa shape index (κ1) is 23.5. The third kappa shape index (κ3) is 4.66. The van der Waals surface area contributed by atoms with Crippen molar-refractivity contribution in [3.63, 3.8) is 0 Å². The largest absolute Gasteiger partial charge is 0.382 e. The first-order chi connectivity index (χ1) is 17.4. The number of benzene rings is 3. The molecule has 0 spiro atoms. The Labute approximate surface area is 210 Å². The van der Waals surface area contributed by atoms with Crippen LogP contribution in [0.5, 0.6) is 0 Å². The molecule has 0 aliphatic rings. The van der Waals surface area contributed by atoms with Crippen LogP contribution in [0.1, 0.15) is 33.4 Å². The highest BCUT2D eigenvalue weighted by Crippen LogP contribution is 2.31. The zero-order valence-electron chi connectivity index (χ0n) is 19.1. The van der Waals surface area contributed by atoms with Crippen LogP contribution in [0, 0.1) is 5.82 Å². The molecule has 0 saturated carbocycles. The fraction of sp³-hybridized carbons (Fsp3) is 0.115. The Hall–Kier alpha value is -4.21. The summed E-state index contributed by atoms with van der Waals surface area (Å²) >= 11 is 6.54. The molecule has 182 valence electrons. The highest BCUT2D eigenvalue weighted by molar-refractivity contribution is 6.32. The van der Waals surface area contributed by atoms with E-state index in [1.807, 2.05) is 48.5 Å². The molecule has 2 heterocycles. The van der Waals surface area contributed by atoms with Gasteiger partial charge in [-0.05, 0) is 41.8 Å². The van der Waals surface area contributed by atoms with E-state index in [1.165, 1.54) is 12.1 Å². The monoisotopic (exact) mass is 503 g/mol. The van der Waals surface area contributed by atoms with Gasteiger partial charge in [-0.1, -0.05) is 54.1 Å². The molecule has 0 aliphatic carbocycles. The van der Waals surface area contributed by atoms with Crippen molar-refractivity contribution in [3.05, 3.63) is 100 Å². The van der Waals surface area contributed by atoms with Gasteiger partial charge in [0.1, 0.15) is 22.5 Å². The van der Waals surface area contributed by atoms with E-state index in [1.54, 1.807) is 6.07 Å². The molecule has 3 aromatic carbocycles. The lowest BCUT2D eigenvalue weighted by atomic mass is 10.0. The summed E-state index contributed by atoms with van der Waals surface area (Å²) in [6, 6.07) is 18.9. The molecule has 0 radical (unpaired) electrons. The number of imidazole rings is 1. The fourth-order valence-corrected chi connectivity index (χ4v) is 4.33. The highest BCUT2D eigenvalue weighted by Gasteiger charge is 2.23. The highest BCUT2D eigenvalue weighted by atomic mass is 35.5. The summed E-state index contributed by atoms with van der Waals surface area (Å²) in [5.74, 6) is -0.363. The molecule has 0 bridgehead atoms. The first-order valence-electron chi connectivity index (χ1n) is 11.3. The third-order valence-corrected chi connectivity index (χ3v) is 6.25. The van der Waals surface area contributed by atoms with Crippen molar-refractivity contribution in [2.24, 2.45) is 5.73 Å². The van der Waals surface area contributed by atoms with Gasteiger partial charge in [0.15, 0.2) is 5.82 Å². The lowest BCUT2D eigenvalue weighted by molar-refractivity contribution is 0.0930. The molecule has 0 aliphatic heterocycles. The summed E-state index contributed by atoms with van der Waals surface area (Å²) in [4.78, 5) is 20.9. The van der Waals surface area contributed by atoms with E-state index >= 15 is 0 Å². The molecular weight excluding hydrogens is 481 g/mol. The number of halogens is 2. The van der Waals surface area contributed by atoms with Gasteiger partial charge in [0.25, 0.3) is 5.91 Å². The summed E-state index contributed by atoms with van der Waals surface area (Å²) < 4.78 is 14.6. The molecule has 0 fully saturated rings. The lowest BCUT2D eigenvalue weighted by Gasteiger charge is -2.17. The number of amides is 1. The normalized spacial score (nSPS) is 12.1. The summed E-state index contributed by atoms with van der Waals surface area (Å²) in [6.07, 6.45) is 0.411. The number of nitrogens with two attached hydrogens (primary N) is 2. The molecule has 8 nitrogen and oxygen atoms in total. The van der Waals surface area contributed by atoms with E-state index in [4.69, 9.17) is 28.1 Å². The Balaban J connectivity index is 1.49. The van der Waals surface area contributed by atoms with Crippen molar-refractivity contribution in [2.45, 2.75) is 19.0 Å². The number of hydrogen-bond acceptors (Lipinski definition) is 5. The van der Waals surface area contributed by atoms with Crippen molar-refractivity contribution < 1.29 is 9.18 Å². The molecular formula is C26H23ClFN7O. The Morgan fingerprint density at radius 1 is 1.08 bits per heavy atom. The Bertz CT molecular complexity index is 1550. The van der Waals surface area contributed by atoms with Gasteiger partial charge in [0.05, 0.1) is 17.1 Å². The minimum atomic E-state index is -0.640. The molecule has 10 heteroatoms. The van der Waals surface area contributed by atoms with Crippen LogP contribution in [0.3, 0.4) is 0 Å². The Morgan fingerprint density at radius 3 is 2.64 bits per heavy atom. The van der Waals surface area contributed by atoms with E-state index in [9.17, 15) is 9.18 Å². The van der Waals surface area contributed by atoms with Gasteiger partial charge in [-0.15, -0.1) is 0 Å². The first-order valence-corrected chi connectivity index (χ1v) is 11.6. The maximum Gasteiger partial charge on any atom is 0.254 e. The number of carbonyl (C=O) groups is 1. The molecule has 0 saturated heterocycles. The zero-order chi connectivity index (χ0) is 25.2. The van der Waals surface area contributed by atoms with Gasteiger partial charge in [-0.25, -0.2) is 9.37 Å². The Kier molecular flexibility index (Phi) is 6.41. The number of fused-ring (bicyclic) bond motifs is 1. The summed E-state index contributed by atoms with van der Waals surface area (Å²) in [7, 11) is 0. The standard InChI is InChI=1S/C26H23ClFN7O/c27-23-22(16-7-9-18-20(12-16)34-35-24(18)30)32-25(33-23)21(11-14-4-2-1-3-5-14)31-26(36)17-8-6-15(13-29)10-19(17)28/h1-10,12,21H,11,13,29H2,(H,31,36)(H,32,33)(H3,30,34,35). The zero-order valence-corrected chi connectivity index (χ0v) is 19.8. The summed E-state index contributed by atoms with van der Waals surface area (Å²) in [5, 5.41) is 10.9. The number of nitrogens with zero attached hydrogens (tertiary/aromatic N) is 2. The van der Waals surface area contributed by atoms with Crippen molar-refractivity contribution in [2.75, 3.05) is 5.73 Å². The number of aromatic amines is 2. The van der Waals surface area contributed by atoms with Gasteiger partial charge < -0.3 is 21.8 Å². The van der Waals surface area contributed by atoms with Crippen LogP contribution in [-0.4, -0.2) is 26.1 Å². The lowest BCUT2D eigenvalue weighted by Crippen LogP contribution is -2.31. The predicted molar refractivity (Wildman–Crippen MR) is 138 cm³/mol. The number of carbonyl (C=O) groups excluding carboxylic acids is 1. The smallest absolute Gasteiger partial charge is 0.254 e. The second-order valence-corrected chi connectivity index (χ2v) is 8.77. The van der Waals surface area contributed by atoms with Crippen LogP contribution in [0.25, 0.3) is 22.2 Å². The fourth-order valence-electron chi connectivity index (χ4n) is 4.09. The van der Waals surface area contributed by atoms with Gasteiger partial charge in [-0.2, -0.15) is 5.10 Å². The average Bonchev–Trinajstić information content (AvgIpc) is 3.46. The van der Waals surface area contributed by atoms with Crippen LogP contribution in [0.4, 0.5) is 10.2 Å². The number of hydrogen-bond donors (Lipinski definition) is 5. The van der Waals surface area contributed by atoms with Crippen LogP contribution >= 0.6 is 11.6 Å². The predicted octanol–water partition coefficient (Wildman–Crippen LogP) is 4.50. The van der Waals surface area contributed by atoms with E-state index in [0.29, 0.717) is 34.5 Å². The van der Waals surface area contributed by atoms with E-state index in [2.05, 4.69) is 20.5 Å². The van der Waals surface area contributed by atoms with Crippen molar-refractivity contribution in [1.29, 1.82) is 0 Å². The minimum Gasteiger partial charge on any atom is -0.382 e. The summed E-state index contributed by atoms with van der Waals surface area (Å²) in [6.45, 7) is 0.181. The molecule has 1 amide bonds. The van der Waals surface area contributed by atoms with E-state index in [0.717, 1.165) is 22.0 Å². The molecule has 36 heavy (non-hydrogen) atoms. The van der Waals surface area contributed by atoms with E-state index in [-0.39, 0.29) is 12.1 Å². The minimum absolute atomic E-state index is 0.0783. The van der Waals surface area contributed by atoms with Crippen LogP contribution in [0.2, 0.25) is 5.15 Å². The maximum absolute atomic E-state index is 14.6. The number of nitrogen functional groups attached to an aromatic ring is 1. The SMILES string of the molecule is NCc1ccc(C(=O)NC(Cc2ccccc2)c2nc(-c3ccc4c(N)n[nH]c4c3)c(Cl)[nH]2)c(F)c1. The van der Waals surface area contributed by atoms with Gasteiger partial charge in [0, 0.05) is 17.5 Å². The topological polar surface area (TPSA) is 138 Å². The van der Waals surface area contributed by atoms with Gasteiger partial charge in [-0.3, -0.25) is 9.89 Å². The number of aromatic nitrogens is 4. The van der Waals surface area contributed by atoms with Crippen molar-refractivity contribution in [1.82, 2.24) is 25.5 Å². The van der Waals surface area contributed by atoms with Crippen LogP contribution in [-0.2, 0) is 13.0 Å². The molecule has 7 N–H and O–H groups in total.